The lowest BCUT2D eigenvalue weighted by Gasteiger charge is -2.24. The molecule has 2 rings (SSSR count). The van der Waals surface area contributed by atoms with Gasteiger partial charge in [0.15, 0.2) is 0 Å². The summed E-state index contributed by atoms with van der Waals surface area (Å²) in [6.45, 7) is 5.94. The molecule has 2 aromatic rings. The van der Waals surface area contributed by atoms with Crippen LogP contribution in [0.2, 0.25) is 0 Å². The van der Waals surface area contributed by atoms with Crippen molar-refractivity contribution in [2.24, 2.45) is 0 Å². The molecule has 0 aliphatic heterocycles. The van der Waals surface area contributed by atoms with E-state index >= 15 is 0 Å². The third kappa shape index (κ3) is 2.92. The van der Waals surface area contributed by atoms with Gasteiger partial charge in [0, 0.05) is 24.5 Å². The molecule has 3 nitrogen and oxygen atoms in total. The molecule has 0 aliphatic rings. The number of hydrogen-bond donors (Lipinski definition) is 1. The predicted octanol–water partition coefficient (Wildman–Crippen LogP) is 3.48. The van der Waals surface area contributed by atoms with Crippen molar-refractivity contribution in [3.8, 4) is 6.07 Å². The van der Waals surface area contributed by atoms with Crippen molar-refractivity contribution in [1.82, 2.24) is 0 Å². The minimum absolute atomic E-state index is 0.531. The first-order chi connectivity index (χ1) is 9.65. The third-order valence-corrected chi connectivity index (χ3v) is 3.53. The van der Waals surface area contributed by atoms with Gasteiger partial charge in [0.05, 0.1) is 5.56 Å². The van der Waals surface area contributed by atoms with Gasteiger partial charge in [-0.2, -0.15) is 5.26 Å². The van der Waals surface area contributed by atoms with Gasteiger partial charge in [-0.3, -0.25) is 0 Å². The average Bonchev–Trinajstić information content (AvgIpc) is 2.47. The van der Waals surface area contributed by atoms with Crippen molar-refractivity contribution < 1.29 is 0 Å². The second kappa shape index (κ2) is 6.12. The van der Waals surface area contributed by atoms with Gasteiger partial charge in [-0.15, -0.1) is 0 Å². The molecule has 102 valence electrons. The SMILES string of the molecule is CCN(Cc1ccccc1C)c1ccc(N)c(C#N)c1. The molecule has 3 heteroatoms. The number of hydrogen-bond acceptors (Lipinski definition) is 3. The smallest absolute Gasteiger partial charge is 0.101 e. The van der Waals surface area contributed by atoms with Gasteiger partial charge in [-0.25, -0.2) is 0 Å². The normalized spacial score (nSPS) is 10.1. The van der Waals surface area contributed by atoms with E-state index in [2.05, 4.69) is 43.0 Å². The number of rotatable bonds is 4. The quantitative estimate of drug-likeness (QED) is 0.861. The van der Waals surface area contributed by atoms with Crippen molar-refractivity contribution in [1.29, 1.82) is 5.26 Å². The molecule has 0 fully saturated rings. The fraction of sp³-hybridized carbons (Fsp3) is 0.235. The van der Waals surface area contributed by atoms with Crippen molar-refractivity contribution in [2.75, 3.05) is 17.2 Å². The topological polar surface area (TPSA) is 53.0 Å². The first-order valence-electron chi connectivity index (χ1n) is 6.74. The summed E-state index contributed by atoms with van der Waals surface area (Å²) in [4.78, 5) is 2.24. The standard InChI is InChI=1S/C17H19N3/c1-3-20(12-14-7-5-4-6-13(14)2)16-8-9-17(19)15(10-16)11-18/h4-10H,3,12,19H2,1-2H3. The van der Waals surface area contributed by atoms with Crippen molar-refractivity contribution >= 4 is 11.4 Å². The van der Waals surface area contributed by atoms with E-state index in [1.54, 1.807) is 6.07 Å². The molecule has 0 aliphatic carbocycles. The van der Waals surface area contributed by atoms with Crippen LogP contribution in [0.4, 0.5) is 11.4 Å². The van der Waals surface area contributed by atoms with Crippen LogP contribution in [0, 0.1) is 18.3 Å². The largest absolute Gasteiger partial charge is 0.398 e. The molecule has 0 atom stereocenters. The maximum atomic E-state index is 9.08. The minimum atomic E-state index is 0.531. The minimum Gasteiger partial charge on any atom is -0.398 e. The van der Waals surface area contributed by atoms with Crippen LogP contribution in [-0.2, 0) is 6.54 Å². The van der Waals surface area contributed by atoms with Crippen LogP contribution in [0.1, 0.15) is 23.6 Å². The first-order valence-corrected chi connectivity index (χ1v) is 6.74. The first kappa shape index (κ1) is 14.0. The molecular weight excluding hydrogens is 246 g/mol. The van der Waals surface area contributed by atoms with E-state index in [0.717, 1.165) is 18.8 Å². The lowest BCUT2D eigenvalue weighted by atomic mass is 10.1. The van der Waals surface area contributed by atoms with Crippen LogP contribution in [0.25, 0.3) is 0 Å². The summed E-state index contributed by atoms with van der Waals surface area (Å²) in [6.07, 6.45) is 0. The van der Waals surface area contributed by atoms with Crippen molar-refractivity contribution in [2.45, 2.75) is 20.4 Å². The van der Waals surface area contributed by atoms with Crippen molar-refractivity contribution in [3.63, 3.8) is 0 Å². The molecular formula is C17H19N3. The highest BCUT2D eigenvalue weighted by molar-refractivity contribution is 5.63. The Hall–Kier alpha value is -2.47. The van der Waals surface area contributed by atoms with Gasteiger partial charge in [-0.1, -0.05) is 24.3 Å². The van der Waals surface area contributed by atoms with Gasteiger partial charge in [0.2, 0.25) is 0 Å². The average molecular weight is 265 g/mol. The molecule has 0 saturated heterocycles. The Morgan fingerprint density at radius 3 is 2.60 bits per heavy atom. The zero-order valence-corrected chi connectivity index (χ0v) is 11.9. The predicted molar refractivity (Wildman–Crippen MR) is 83.5 cm³/mol. The molecule has 20 heavy (non-hydrogen) atoms. The molecule has 0 amide bonds. The molecule has 2 aromatic carbocycles. The van der Waals surface area contributed by atoms with Gasteiger partial charge < -0.3 is 10.6 Å². The van der Waals surface area contributed by atoms with E-state index in [1.165, 1.54) is 11.1 Å². The lowest BCUT2D eigenvalue weighted by molar-refractivity contribution is 0.827. The van der Waals surface area contributed by atoms with E-state index in [4.69, 9.17) is 11.0 Å². The molecule has 0 radical (unpaired) electrons. The number of nitrogens with zero attached hydrogens (tertiary/aromatic N) is 2. The number of nitrogens with two attached hydrogens (primary N) is 1. The zero-order chi connectivity index (χ0) is 14.5. The van der Waals surface area contributed by atoms with E-state index in [9.17, 15) is 0 Å². The summed E-state index contributed by atoms with van der Waals surface area (Å²) in [5, 5.41) is 9.08. The van der Waals surface area contributed by atoms with E-state index in [-0.39, 0.29) is 0 Å². The lowest BCUT2D eigenvalue weighted by Crippen LogP contribution is -2.22. The summed E-state index contributed by atoms with van der Waals surface area (Å²) in [5.74, 6) is 0. The number of aryl methyl sites for hydroxylation is 1. The fourth-order valence-electron chi connectivity index (χ4n) is 2.22. The number of anilines is 2. The van der Waals surface area contributed by atoms with Crippen LogP contribution in [0.5, 0.6) is 0 Å². The Bertz CT molecular complexity index is 641. The number of nitrogen functional groups attached to an aromatic ring is 1. The highest BCUT2D eigenvalue weighted by Crippen LogP contribution is 2.23. The van der Waals surface area contributed by atoms with E-state index in [1.807, 2.05) is 18.2 Å². The molecule has 0 bridgehead atoms. The fourth-order valence-corrected chi connectivity index (χ4v) is 2.22. The highest BCUT2D eigenvalue weighted by atomic mass is 15.1. The van der Waals surface area contributed by atoms with Crippen LogP contribution < -0.4 is 10.6 Å². The van der Waals surface area contributed by atoms with Crippen LogP contribution >= 0.6 is 0 Å². The zero-order valence-electron chi connectivity index (χ0n) is 11.9. The summed E-state index contributed by atoms with van der Waals surface area (Å²) in [6, 6.07) is 16.1. The van der Waals surface area contributed by atoms with Gasteiger partial charge in [0.25, 0.3) is 0 Å². The maximum absolute atomic E-state index is 9.08. The maximum Gasteiger partial charge on any atom is 0.101 e. The molecule has 2 N–H and O–H groups in total. The highest BCUT2D eigenvalue weighted by Gasteiger charge is 2.09. The van der Waals surface area contributed by atoms with Gasteiger partial charge in [0.1, 0.15) is 6.07 Å². The molecule has 0 unspecified atom stereocenters. The molecule has 0 aromatic heterocycles. The van der Waals surface area contributed by atoms with E-state index < -0.39 is 0 Å². The third-order valence-electron chi connectivity index (χ3n) is 3.53. The molecule has 0 saturated carbocycles. The Morgan fingerprint density at radius 2 is 1.95 bits per heavy atom. The summed E-state index contributed by atoms with van der Waals surface area (Å²) in [5.41, 5.74) is 10.4. The van der Waals surface area contributed by atoms with Crippen LogP contribution in [0.3, 0.4) is 0 Å². The second-order valence-corrected chi connectivity index (χ2v) is 4.82. The second-order valence-electron chi connectivity index (χ2n) is 4.82. The van der Waals surface area contributed by atoms with Crippen molar-refractivity contribution in [3.05, 3.63) is 59.2 Å². The summed E-state index contributed by atoms with van der Waals surface area (Å²) < 4.78 is 0. The Kier molecular flexibility index (Phi) is 4.27. The van der Waals surface area contributed by atoms with Gasteiger partial charge in [-0.05, 0) is 43.2 Å². The Morgan fingerprint density at radius 1 is 1.20 bits per heavy atom. The Balaban J connectivity index is 2.29. The number of nitriles is 1. The van der Waals surface area contributed by atoms with E-state index in [0.29, 0.717) is 11.3 Å². The molecule has 0 heterocycles. The van der Waals surface area contributed by atoms with Crippen LogP contribution in [-0.4, -0.2) is 6.54 Å². The molecule has 0 spiro atoms. The number of benzene rings is 2. The summed E-state index contributed by atoms with van der Waals surface area (Å²) in [7, 11) is 0. The summed E-state index contributed by atoms with van der Waals surface area (Å²) >= 11 is 0. The van der Waals surface area contributed by atoms with Gasteiger partial charge >= 0.3 is 0 Å². The monoisotopic (exact) mass is 265 g/mol. The Labute approximate surface area is 120 Å². The van der Waals surface area contributed by atoms with Crippen LogP contribution in [0.15, 0.2) is 42.5 Å².